The molecular formula is C18H21NO4S. The lowest BCUT2D eigenvalue weighted by Gasteiger charge is -2.20. The highest BCUT2D eigenvalue weighted by molar-refractivity contribution is 7.08. The monoisotopic (exact) mass is 347 g/mol. The number of anilines is 1. The number of thiophene rings is 1. The van der Waals surface area contributed by atoms with Crippen molar-refractivity contribution < 1.29 is 19.4 Å². The summed E-state index contributed by atoms with van der Waals surface area (Å²) in [6.45, 7) is 8.00. The van der Waals surface area contributed by atoms with Crippen molar-refractivity contribution in [1.82, 2.24) is 0 Å². The Morgan fingerprint density at radius 1 is 1.17 bits per heavy atom. The molecule has 0 radical (unpaired) electrons. The van der Waals surface area contributed by atoms with E-state index in [9.17, 15) is 9.59 Å². The van der Waals surface area contributed by atoms with Gasteiger partial charge in [-0.1, -0.05) is 32.9 Å². The fourth-order valence-electron chi connectivity index (χ4n) is 2.08. The van der Waals surface area contributed by atoms with E-state index in [-0.39, 0.29) is 16.7 Å². The molecule has 0 fully saturated rings. The number of nitrogens with one attached hydrogen (secondary N) is 1. The quantitative estimate of drug-likeness (QED) is 0.852. The number of carbonyl (C=O) groups is 2. The predicted molar refractivity (Wildman–Crippen MR) is 95.1 cm³/mol. The maximum atomic E-state index is 12.2. The molecule has 2 rings (SSSR count). The Morgan fingerprint density at radius 2 is 1.79 bits per heavy atom. The van der Waals surface area contributed by atoms with E-state index in [0.29, 0.717) is 5.75 Å². The summed E-state index contributed by atoms with van der Waals surface area (Å²) in [5.41, 5.74) is 1.59. The molecule has 1 atom stereocenters. The minimum Gasteiger partial charge on any atom is -0.481 e. The van der Waals surface area contributed by atoms with Crippen LogP contribution in [-0.2, 0) is 10.2 Å². The van der Waals surface area contributed by atoms with Crippen LogP contribution in [0.25, 0.3) is 0 Å². The third-order valence-electron chi connectivity index (χ3n) is 3.55. The highest BCUT2D eigenvalue weighted by Gasteiger charge is 2.19. The fourth-order valence-corrected chi connectivity index (χ4v) is 2.84. The number of carboxylic acids is 1. The second-order valence-electron chi connectivity index (χ2n) is 6.53. The zero-order valence-corrected chi connectivity index (χ0v) is 14.9. The number of aromatic carboxylic acids is 1. The van der Waals surface area contributed by atoms with Crippen molar-refractivity contribution in [3.05, 3.63) is 46.2 Å². The SMILES string of the molecule is CC(Oc1ccc(C(C)(C)C)cc1)C(=O)Nc1cscc1C(=O)O. The minimum absolute atomic E-state index is 0.0493. The molecule has 0 bridgehead atoms. The van der Waals surface area contributed by atoms with Crippen LogP contribution in [0, 0.1) is 0 Å². The topological polar surface area (TPSA) is 75.6 Å². The molecule has 1 heterocycles. The largest absolute Gasteiger partial charge is 0.481 e. The molecule has 128 valence electrons. The van der Waals surface area contributed by atoms with Gasteiger partial charge in [-0.3, -0.25) is 4.79 Å². The Bertz CT molecular complexity index is 728. The van der Waals surface area contributed by atoms with Gasteiger partial charge < -0.3 is 15.2 Å². The van der Waals surface area contributed by atoms with Crippen LogP contribution < -0.4 is 10.1 Å². The van der Waals surface area contributed by atoms with Crippen LogP contribution in [0.15, 0.2) is 35.0 Å². The van der Waals surface area contributed by atoms with E-state index < -0.39 is 18.0 Å². The summed E-state index contributed by atoms with van der Waals surface area (Å²) in [5.74, 6) is -0.872. The van der Waals surface area contributed by atoms with Crippen LogP contribution >= 0.6 is 11.3 Å². The summed E-state index contributed by atoms with van der Waals surface area (Å²) in [5, 5.41) is 14.7. The van der Waals surface area contributed by atoms with Crippen molar-refractivity contribution in [2.45, 2.75) is 39.2 Å². The van der Waals surface area contributed by atoms with Crippen LogP contribution in [0.2, 0.25) is 0 Å². The molecule has 0 saturated carbocycles. The molecule has 1 amide bonds. The van der Waals surface area contributed by atoms with Gasteiger partial charge in [0.2, 0.25) is 0 Å². The lowest BCUT2D eigenvalue weighted by molar-refractivity contribution is -0.122. The summed E-state index contributed by atoms with van der Waals surface area (Å²) in [6.07, 6.45) is -0.743. The number of amides is 1. The van der Waals surface area contributed by atoms with E-state index in [4.69, 9.17) is 9.84 Å². The number of carbonyl (C=O) groups excluding carboxylic acids is 1. The second-order valence-corrected chi connectivity index (χ2v) is 7.27. The first kappa shape index (κ1) is 18.0. The van der Waals surface area contributed by atoms with Gasteiger partial charge >= 0.3 is 5.97 Å². The molecule has 2 N–H and O–H groups in total. The number of benzene rings is 1. The van der Waals surface area contributed by atoms with Crippen molar-refractivity contribution in [3.8, 4) is 5.75 Å². The van der Waals surface area contributed by atoms with Crippen molar-refractivity contribution in [2.75, 3.05) is 5.32 Å². The van der Waals surface area contributed by atoms with Crippen molar-refractivity contribution in [2.24, 2.45) is 0 Å². The van der Waals surface area contributed by atoms with E-state index in [2.05, 4.69) is 26.1 Å². The van der Waals surface area contributed by atoms with E-state index in [1.807, 2.05) is 24.3 Å². The third kappa shape index (κ3) is 4.35. The number of rotatable bonds is 5. The van der Waals surface area contributed by atoms with Gasteiger partial charge in [0.1, 0.15) is 5.75 Å². The van der Waals surface area contributed by atoms with Crippen molar-refractivity contribution in [3.63, 3.8) is 0 Å². The summed E-state index contributed by atoms with van der Waals surface area (Å²) >= 11 is 1.22. The predicted octanol–water partition coefficient (Wildman–Crippen LogP) is 4.15. The minimum atomic E-state index is -1.07. The average Bonchev–Trinajstić information content (AvgIpc) is 2.95. The molecule has 1 aromatic heterocycles. The van der Waals surface area contributed by atoms with E-state index in [1.165, 1.54) is 22.3 Å². The Balaban J connectivity index is 2.01. The van der Waals surface area contributed by atoms with Crippen molar-refractivity contribution >= 4 is 28.9 Å². The van der Waals surface area contributed by atoms with Gasteiger partial charge in [-0.15, -0.1) is 11.3 Å². The maximum absolute atomic E-state index is 12.2. The summed E-state index contributed by atoms with van der Waals surface area (Å²) < 4.78 is 5.64. The molecule has 0 aliphatic heterocycles. The van der Waals surface area contributed by atoms with Crippen LogP contribution in [0.4, 0.5) is 5.69 Å². The Morgan fingerprint density at radius 3 is 2.33 bits per heavy atom. The van der Waals surface area contributed by atoms with Crippen LogP contribution in [0.1, 0.15) is 43.6 Å². The normalized spacial score (nSPS) is 12.5. The Labute approximate surface area is 145 Å². The van der Waals surface area contributed by atoms with Crippen LogP contribution in [-0.4, -0.2) is 23.1 Å². The molecule has 1 unspecified atom stereocenters. The van der Waals surface area contributed by atoms with Gasteiger partial charge in [0.25, 0.3) is 5.91 Å². The molecule has 0 aliphatic carbocycles. The fraction of sp³-hybridized carbons (Fsp3) is 0.333. The highest BCUT2D eigenvalue weighted by Crippen LogP contribution is 2.25. The van der Waals surface area contributed by atoms with Gasteiger partial charge in [0.15, 0.2) is 6.10 Å². The Hall–Kier alpha value is -2.34. The Kier molecular flexibility index (Phi) is 5.29. The van der Waals surface area contributed by atoms with Crippen LogP contribution in [0.3, 0.4) is 0 Å². The molecule has 6 heteroatoms. The number of carboxylic acid groups (broad SMARTS) is 1. The smallest absolute Gasteiger partial charge is 0.338 e. The third-order valence-corrected chi connectivity index (χ3v) is 4.30. The van der Waals surface area contributed by atoms with E-state index >= 15 is 0 Å². The van der Waals surface area contributed by atoms with Gasteiger partial charge in [-0.05, 0) is 30.0 Å². The lowest BCUT2D eigenvalue weighted by atomic mass is 9.87. The van der Waals surface area contributed by atoms with Gasteiger partial charge in [-0.2, -0.15) is 0 Å². The van der Waals surface area contributed by atoms with E-state index in [1.54, 1.807) is 12.3 Å². The number of hydrogen-bond acceptors (Lipinski definition) is 4. The summed E-state index contributed by atoms with van der Waals surface area (Å²) in [4.78, 5) is 23.3. The summed E-state index contributed by atoms with van der Waals surface area (Å²) in [7, 11) is 0. The van der Waals surface area contributed by atoms with Gasteiger partial charge in [-0.25, -0.2) is 4.79 Å². The molecule has 1 aromatic carbocycles. The summed E-state index contributed by atoms with van der Waals surface area (Å²) in [6, 6.07) is 7.61. The first-order valence-electron chi connectivity index (χ1n) is 7.56. The second kappa shape index (κ2) is 7.05. The van der Waals surface area contributed by atoms with E-state index in [0.717, 1.165) is 0 Å². The highest BCUT2D eigenvalue weighted by atomic mass is 32.1. The number of ether oxygens (including phenoxy) is 1. The lowest BCUT2D eigenvalue weighted by Crippen LogP contribution is -2.30. The zero-order valence-electron chi connectivity index (χ0n) is 14.1. The first-order chi connectivity index (χ1) is 11.2. The van der Waals surface area contributed by atoms with Crippen molar-refractivity contribution in [1.29, 1.82) is 0 Å². The zero-order chi connectivity index (χ0) is 17.9. The molecule has 24 heavy (non-hydrogen) atoms. The molecular weight excluding hydrogens is 326 g/mol. The molecule has 0 saturated heterocycles. The molecule has 2 aromatic rings. The molecule has 5 nitrogen and oxygen atoms in total. The standard InChI is InChI=1S/C18H21NO4S/c1-11(16(20)19-15-10-24-9-14(15)17(21)22)23-13-7-5-12(6-8-13)18(2,3)4/h5-11H,1-4H3,(H,19,20)(H,21,22). The van der Waals surface area contributed by atoms with Gasteiger partial charge in [0.05, 0.1) is 11.3 Å². The maximum Gasteiger partial charge on any atom is 0.338 e. The molecule has 0 aliphatic rings. The first-order valence-corrected chi connectivity index (χ1v) is 8.50. The number of hydrogen-bond donors (Lipinski definition) is 2. The molecule has 0 spiro atoms. The average molecular weight is 347 g/mol. The van der Waals surface area contributed by atoms with Gasteiger partial charge in [0, 0.05) is 10.8 Å². The van der Waals surface area contributed by atoms with Crippen LogP contribution in [0.5, 0.6) is 5.75 Å².